The molecule has 0 spiro atoms. The van der Waals surface area contributed by atoms with Crippen LogP contribution >= 0.6 is 0 Å². The lowest BCUT2D eigenvalue weighted by Gasteiger charge is -1.99. The molecule has 0 radical (unpaired) electrons. The molecular weight excluding hydrogens is 244 g/mol. The molecule has 96 valence electrons. The Bertz CT molecular complexity index is 704. The Kier molecular flexibility index (Phi) is 2.56. The third-order valence-electron chi connectivity index (χ3n) is 2.96. The van der Waals surface area contributed by atoms with Crippen molar-refractivity contribution in [1.29, 1.82) is 0 Å². The van der Waals surface area contributed by atoms with Crippen LogP contribution in [0.1, 0.15) is 11.1 Å². The first-order valence-electron chi connectivity index (χ1n) is 5.80. The van der Waals surface area contributed by atoms with Crippen molar-refractivity contribution >= 4 is 23.1 Å². The Morgan fingerprint density at radius 2 is 2.11 bits per heavy atom. The van der Waals surface area contributed by atoms with Gasteiger partial charge in [-0.3, -0.25) is 9.88 Å². The van der Waals surface area contributed by atoms with Gasteiger partial charge in [0.25, 0.3) is 0 Å². The summed E-state index contributed by atoms with van der Waals surface area (Å²) >= 11 is 0. The number of carbonyl (C=O) groups is 1. The van der Waals surface area contributed by atoms with E-state index in [2.05, 4.69) is 15.3 Å². The number of nitrogens with zero attached hydrogens (tertiary/aromatic N) is 3. The van der Waals surface area contributed by atoms with Crippen LogP contribution in [0.25, 0.3) is 11.1 Å². The molecular formula is C13H12N4O2. The van der Waals surface area contributed by atoms with Gasteiger partial charge in [-0.25, -0.2) is 9.78 Å². The summed E-state index contributed by atoms with van der Waals surface area (Å²) in [6.07, 6.45) is 4.48. The number of aromatic nitrogens is 3. The summed E-state index contributed by atoms with van der Waals surface area (Å²) in [5.41, 5.74) is 3.64. The van der Waals surface area contributed by atoms with Crippen molar-refractivity contribution in [3.8, 4) is 0 Å². The van der Waals surface area contributed by atoms with Gasteiger partial charge in [-0.05, 0) is 37.1 Å². The van der Waals surface area contributed by atoms with Gasteiger partial charge in [0.15, 0.2) is 5.58 Å². The summed E-state index contributed by atoms with van der Waals surface area (Å²) in [4.78, 5) is 19.8. The number of hydrogen-bond acceptors (Lipinski definition) is 4. The van der Waals surface area contributed by atoms with E-state index in [-0.39, 0.29) is 12.0 Å². The largest absolute Gasteiger partial charge is 0.423 e. The topological polar surface area (TPSA) is 73.0 Å². The van der Waals surface area contributed by atoms with Crippen molar-refractivity contribution in [3.05, 3.63) is 42.0 Å². The second-order valence-electron chi connectivity index (χ2n) is 4.32. The fourth-order valence-electron chi connectivity index (χ4n) is 1.77. The standard InChI is InChI=1S/C13H12N4O2/c1-8-5-10-11(6-9(8)2)19-12(15-10)16-13(18)17-4-3-14-7-17/h3-7H,1-2H3,(H,15,16,18). The normalized spacial score (nSPS) is 10.8. The second-order valence-corrected chi connectivity index (χ2v) is 4.32. The van der Waals surface area contributed by atoms with Gasteiger partial charge in [-0.1, -0.05) is 0 Å². The predicted octanol–water partition coefficient (Wildman–Crippen LogP) is 2.72. The van der Waals surface area contributed by atoms with E-state index in [1.165, 1.54) is 17.1 Å². The molecule has 0 saturated carbocycles. The summed E-state index contributed by atoms with van der Waals surface area (Å²) in [7, 11) is 0. The zero-order valence-corrected chi connectivity index (χ0v) is 10.5. The highest BCUT2D eigenvalue weighted by Crippen LogP contribution is 2.22. The minimum Gasteiger partial charge on any atom is -0.423 e. The molecule has 0 atom stereocenters. The molecule has 6 heteroatoms. The van der Waals surface area contributed by atoms with E-state index in [0.717, 1.165) is 16.6 Å². The summed E-state index contributed by atoms with van der Waals surface area (Å²) in [5.74, 6) is 0. The first kappa shape index (κ1) is 11.5. The molecule has 3 rings (SSSR count). The number of oxazole rings is 1. The maximum Gasteiger partial charge on any atom is 0.334 e. The molecule has 0 aliphatic carbocycles. The maximum atomic E-state index is 11.8. The van der Waals surface area contributed by atoms with Crippen LogP contribution in [0.4, 0.5) is 10.8 Å². The van der Waals surface area contributed by atoms with Gasteiger partial charge in [0.2, 0.25) is 0 Å². The molecule has 0 saturated heterocycles. The third-order valence-corrected chi connectivity index (χ3v) is 2.96. The molecule has 1 aromatic carbocycles. The molecule has 3 aromatic rings. The summed E-state index contributed by atoms with van der Waals surface area (Å²) in [6.45, 7) is 4.01. The minimum atomic E-state index is -0.363. The molecule has 0 fully saturated rings. The van der Waals surface area contributed by atoms with Crippen LogP contribution in [0.3, 0.4) is 0 Å². The van der Waals surface area contributed by atoms with Crippen LogP contribution in [0.15, 0.2) is 35.3 Å². The van der Waals surface area contributed by atoms with Gasteiger partial charge < -0.3 is 4.42 Å². The zero-order chi connectivity index (χ0) is 13.4. The summed E-state index contributed by atoms with van der Waals surface area (Å²) < 4.78 is 6.81. The highest BCUT2D eigenvalue weighted by Gasteiger charge is 2.11. The lowest BCUT2D eigenvalue weighted by atomic mass is 10.1. The second kappa shape index (κ2) is 4.24. The third kappa shape index (κ3) is 2.08. The summed E-state index contributed by atoms with van der Waals surface area (Å²) in [6, 6.07) is 3.65. The van der Waals surface area contributed by atoms with E-state index in [4.69, 9.17) is 4.42 Å². The molecule has 6 nitrogen and oxygen atoms in total. The Morgan fingerprint density at radius 1 is 1.32 bits per heavy atom. The van der Waals surface area contributed by atoms with Gasteiger partial charge in [-0.2, -0.15) is 4.98 Å². The van der Waals surface area contributed by atoms with Crippen LogP contribution in [-0.4, -0.2) is 20.6 Å². The number of hydrogen-bond donors (Lipinski definition) is 1. The highest BCUT2D eigenvalue weighted by molar-refractivity contribution is 5.90. The Balaban J connectivity index is 1.92. The number of rotatable bonds is 1. The Hall–Kier alpha value is -2.63. The Morgan fingerprint density at radius 3 is 2.84 bits per heavy atom. The van der Waals surface area contributed by atoms with E-state index in [9.17, 15) is 4.79 Å². The zero-order valence-electron chi connectivity index (χ0n) is 10.5. The van der Waals surface area contributed by atoms with Crippen LogP contribution in [0, 0.1) is 13.8 Å². The van der Waals surface area contributed by atoms with E-state index in [1.807, 2.05) is 26.0 Å². The van der Waals surface area contributed by atoms with Gasteiger partial charge in [0.05, 0.1) is 0 Å². The van der Waals surface area contributed by atoms with Crippen molar-refractivity contribution in [2.45, 2.75) is 13.8 Å². The minimum absolute atomic E-state index is 0.179. The number of aryl methyl sites for hydroxylation is 2. The highest BCUT2D eigenvalue weighted by atomic mass is 16.4. The first-order chi connectivity index (χ1) is 9.13. The smallest absolute Gasteiger partial charge is 0.334 e. The van der Waals surface area contributed by atoms with Gasteiger partial charge >= 0.3 is 12.0 Å². The fraction of sp³-hybridized carbons (Fsp3) is 0.154. The molecule has 2 aromatic heterocycles. The van der Waals surface area contributed by atoms with Gasteiger partial charge in [-0.15, -0.1) is 0 Å². The number of nitrogens with one attached hydrogen (secondary N) is 1. The van der Waals surface area contributed by atoms with Crippen molar-refractivity contribution in [1.82, 2.24) is 14.5 Å². The van der Waals surface area contributed by atoms with Crippen LogP contribution in [-0.2, 0) is 0 Å². The molecule has 1 N–H and O–H groups in total. The SMILES string of the molecule is Cc1cc2nc(NC(=O)n3ccnc3)oc2cc1C. The fourth-order valence-corrected chi connectivity index (χ4v) is 1.77. The van der Waals surface area contributed by atoms with Crippen molar-refractivity contribution in [2.24, 2.45) is 0 Å². The average molecular weight is 256 g/mol. The van der Waals surface area contributed by atoms with Crippen LogP contribution in [0.2, 0.25) is 0 Å². The predicted molar refractivity (Wildman–Crippen MR) is 70.1 cm³/mol. The number of benzene rings is 1. The molecule has 2 heterocycles. The number of amides is 1. The molecule has 0 aliphatic rings. The average Bonchev–Trinajstić information content (AvgIpc) is 2.98. The van der Waals surface area contributed by atoms with Crippen molar-refractivity contribution < 1.29 is 9.21 Å². The van der Waals surface area contributed by atoms with Crippen molar-refractivity contribution in [3.63, 3.8) is 0 Å². The quantitative estimate of drug-likeness (QED) is 0.726. The number of carbonyl (C=O) groups excluding carboxylic acids is 1. The molecule has 0 aliphatic heterocycles. The molecule has 0 bridgehead atoms. The van der Waals surface area contributed by atoms with E-state index >= 15 is 0 Å². The molecule has 1 amide bonds. The monoisotopic (exact) mass is 256 g/mol. The van der Waals surface area contributed by atoms with Crippen LogP contribution < -0.4 is 5.32 Å². The molecule has 0 unspecified atom stereocenters. The number of anilines is 1. The number of fused-ring (bicyclic) bond motifs is 1. The van der Waals surface area contributed by atoms with Crippen molar-refractivity contribution in [2.75, 3.05) is 5.32 Å². The van der Waals surface area contributed by atoms with E-state index < -0.39 is 0 Å². The first-order valence-corrected chi connectivity index (χ1v) is 5.80. The molecule has 19 heavy (non-hydrogen) atoms. The Labute approximate surface area is 109 Å². The van der Waals surface area contributed by atoms with Gasteiger partial charge in [0, 0.05) is 12.4 Å². The van der Waals surface area contributed by atoms with Crippen LogP contribution in [0.5, 0.6) is 0 Å². The van der Waals surface area contributed by atoms with Gasteiger partial charge in [0.1, 0.15) is 11.8 Å². The summed E-state index contributed by atoms with van der Waals surface area (Å²) in [5, 5.41) is 2.58. The lowest BCUT2D eigenvalue weighted by Crippen LogP contribution is -2.17. The van der Waals surface area contributed by atoms with E-state index in [0.29, 0.717) is 5.58 Å². The lowest BCUT2D eigenvalue weighted by molar-refractivity contribution is 0.253. The maximum absolute atomic E-state index is 11.8. The van der Waals surface area contributed by atoms with E-state index in [1.54, 1.807) is 6.20 Å². The number of imidazole rings is 1.